The third kappa shape index (κ3) is 18.8. The van der Waals surface area contributed by atoms with E-state index in [1.807, 2.05) is 62.4 Å². The molecule has 2 aromatic carbocycles. The van der Waals surface area contributed by atoms with E-state index >= 15 is 0 Å². The van der Waals surface area contributed by atoms with Crippen LogP contribution in [0.4, 0.5) is 5.69 Å². The van der Waals surface area contributed by atoms with E-state index in [1.54, 1.807) is 4.90 Å². The number of unbranched alkanes of at least 4 members (excludes halogenated alkanes) is 6. The van der Waals surface area contributed by atoms with Crippen LogP contribution >= 0.6 is 6.72 Å². The predicted octanol–water partition coefficient (Wildman–Crippen LogP) is 6.16. The Labute approximate surface area is 372 Å². The van der Waals surface area contributed by atoms with Crippen molar-refractivity contribution in [2.45, 2.75) is 118 Å². The fourth-order valence-corrected chi connectivity index (χ4v) is 7.13. The minimum Gasteiger partial charge on any atom is -0.780 e. The van der Waals surface area contributed by atoms with Gasteiger partial charge in [-0.05, 0) is 43.7 Å². The minimum atomic E-state index is -3.34. The Morgan fingerprint density at radius 1 is 0.742 bits per heavy atom. The largest absolute Gasteiger partial charge is 0.780 e. The van der Waals surface area contributed by atoms with Gasteiger partial charge in [0.25, 0.3) is 0 Å². The Balaban J connectivity index is 0.000000477. The smallest absolute Gasteiger partial charge is 0.239 e. The molecule has 2 heterocycles. The molecule has 0 bridgehead atoms. The zero-order valence-electron chi connectivity index (χ0n) is 36.2. The SMILES string of the molecule is C.CCCCCCC(=O)N(CC(=O)NCCC)CC(=O)NCCC.COP([O-])(=S)OCCCCCCNC(=O)CCC(=O)N1Cc2ccccc2-c2n[nH]nc2-c2ccccc21. The number of H-pyrrole nitrogens is 1. The van der Waals surface area contributed by atoms with Gasteiger partial charge in [0.1, 0.15) is 31.2 Å². The average molecular weight is 900 g/mol. The van der Waals surface area contributed by atoms with Crippen molar-refractivity contribution >= 4 is 53.7 Å². The van der Waals surface area contributed by atoms with Gasteiger partial charge in [0.05, 0.1) is 18.8 Å². The molecule has 4 rings (SSSR count). The average Bonchev–Trinajstić information content (AvgIpc) is 3.74. The maximum Gasteiger partial charge on any atom is 0.239 e. The Bertz CT molecular complexity index is 1870. The lowest BCUT2D eigenvalue weighted by Crippen LogP contribution is -2.46. The zero-order chi connectivity index (χ0) is 44.5. The molecule has 16 nitrogen and oxygen atoms in total. The summed E-state index contributed by atoms with van der Waals surface area (Å²) in [6.07, 6.45) is 9.52. The molecule has 1 aliphatic rings. The molecule has 344 valence electrons. The van der Waals surface area contributed by atoms with Gasteiger partial charge in [-0.15, -0.1) is 0 Å². The summed E-state index contributed by atoms with van der Waals surface area (Å²) in [4.78, 5) is 76.4. The molecule has 0 saturated carbocycles. The van der Waals surface area contributed by atoms with E-state index in [4.69, 9.17) is 4.52 Å². The van der Waals surface area contributed by atoms with Gasteiger partial charge in [0, 0.05) is 57.1 Å². The fourth-order valence-electron chi connectivity index (χ4n) is 6.44. The minimum absolute atomic E-state index is 0. The van der Waals surface area contributed by atoms with E-state index in [-0.39, 0.29) is 69.5 Å². The maximum atomic E-state index is 13.4. The third-order valence-corrected chi connectivity index (χ3v) is 11.5. The van der Waals surface area contributed by atoms with E-state index in [9.17, 15) is 28.9 Å². The first-order valence-electron chi connectivity index (χ1n) is 21.4. The van der Waals surface area contributed by atoms with E-state index < -0.39 is 6.72 Å². The van der Waals surface area contributed by atoms with Crippen LogP contribution in [-0.2, 0) is 51.4 Å². The molecule has 1 aromatic heterocycles. The number of aromatic amines is 1. The summed E-state index contributed by atoms with van der Waals surface area (Å²) in [5, 5.41) is 19.9. The molecule has 5 amide bonds. The van der Waals surface area contributed by atoms with Crippen molar-refractivity contribution in [2.24, 2.45) is 0 Å². The first-order valence-corrected chi connectivity index (χ1v) is 24.0. The number of nitrogens with zero attached hydrogens (tertiary/aromatic N) is 4. The van der Waals surface area contributed by atoms with Crippen LogP contribution in [0.3, 0.4) is 0 Å². The summed E-state index contributed by atoms with van der Waals surface area (Å²) in [6, 6.07) is 15.5. The monoisotopic (exact) mass is 899 g/mol. The van der Waals surface area contributed by atoms with E-state index in [0.717, 1.165) is 85.9 Å². The number of para-hydroxylation sites is 1. The lowest BCUT2D eigenvalue weighted by atomic mass is 9.95. The summed E-state index contributed by atoms with van der Waals surface area (Å²) >= 11 is 4.67. The van der Waals surface area contributed by atoms with E-state index in [0.29, 0.717) is 44.7 Å². The number of hydrogen-bond acceptors (Lipinski definition) is 11. The highest BCUT2D eigenvalue weighted by atomic mass is 32.5. The Hall–Kier alpha value is -4.54. The topological polar surface area (TPSA) is 211 Å². The van der Waals surface area contributed by atoms with Gasteiger partial charge in [-0.25, -0.2) is 0 Å². The van der Waals surface area contributed by atoms with Crippen LogP contribution in [0.15, 0.2) is 48.5 Å². The highest BCUT2D eigenvalue weighted by Gasteiger charge is 2.28. The maximum absolute atomic E-state index is 13.4. The molecule has 3 aromatic rings. The van der Waals surface area contributed by atoms with Crippen LogP contribution in [0.5, 0.6) is 0 Å². The molecule has 0 fully saturated rings. The Morgan fingerprint density at radius 3 is 1.97 bits per heavy atom. The number of aromatic nitrogens is 3. The Kier molecular flexibility index (Phi) is 25.7. The number of fused-ring (bicyclic) bond motifs is 5. The van der Waals surface area contributed by atoms with Gasteiger partial charge in [-0.3, -0.25) is 24.0 Å². The number of hydrogen-bond donors (Lipinski definition) is 4. The van der Waals surface area contributed by atoms with Crippen LogP contribution in [-0.4, -0.2) is 96.3 Å². The van der Waals surface area contributed by atoms with Crippen molar-refractivity contribution in [3.63, 3.8) is 0 Å². The van der Waals surface area contributed by atoms with Gasteiger partial charge in [-0.2, -0.15) is 15.4 Å². The van der Waals surface area contributed by atoms with Crippen molar-refractivity contribution in [1.82, 2.24) is 36.3 Å². The molecule has 4 N–H and O–H groups in total. The lowest BCUT2D eigenvalue weighted by molar-refractivity contribution is -0.204. The van der Waals surface area contributed by atoms with E-state index in [2.05, 4.69) is 54.6 Å². The molecule has 1 atom stereocenters. The highest BCUT2D eigenvalue weighted by molar-refractivity contribution is 8.06. The van der Waals surface area contributed by atoms with Crippen molar-refractivity contribution in [2.75, 3.05) is 51.3 Å². The van der Waals surface area contributed by atoms with Gasteiger partial charge < -0.3 is 39.7 Å². The Morgan fingerprint density at radius 2 is 1.32 bits per heavy atom. The predicted molar refractivity (Wildman–Crippen MR) is 245 cm³/mol. The number of nitrogens with one attached hydrogen (secondary N) is 4. The summed E-state index contributed by atoms with van der Waals surface area (Å²) in [7, 11) is 1.27. The molecule has 18 heteroatoms. The molecule has 0 spiro atoms. The molecule has 0 aliphatic carbocycles. The van der Waals surface area contributed by atoms with Gasteiger partial charge in [-0.1, -0.05) is 115 Å². The van der Waals surface area contributed by atoms with Crippen molar-refractivity contribution in [3.8, 4) is 22.5 Å². The van der Waals surface area contributed by atoms with Gasteiger partial charge in [0.2, 0.25) is 29.5 Å². The third-order valence-electron chi connectivity index (χ3n) is 9.74. The van der Waals surface area contributed by atoms with Crippen molar-refractivity contribution < 1.29 is 37.9 Å². The summed E-state index contributed by atoms with van der Waals surface area (Å²) in [5.74, 6) is -0.841. The summed E-state index contributed by atoms with van der Waals surface area (Å²) < 4.78 is 9.64. The van der Waals surface area contributed by atoms with Crippen LogP contribution in [0.25, 0.3) is 22.5 Å². The second-order valence-electron chi connectivity index (χ2n) is 14.7. The number of carbonyl (C=O) groups excluding carboxylic acids is 5. The fraction of sp³-hybridized carbons (Fsp3) is 0.568. The second-order valence-corrected chi connectivity index (χ2v) is 17.5. The van der Waals surface area contributed by atoms with Crippen LogP contribution in [0, 0.1) is 0 Å². The standard InChI is InChI=1S/C26H32N5O5PS.C17H33N3O3.CH4/c1-35-37(34,38)36-17-9-3-2-8-16-27-23(32)14-15-24(33)31-18-19-10-4-5-11-20(19)25-26(29-30-28-25)21-12-6-7-13-22(21)31;1-4-7-8-9-10-17(23)20(13-15(21)18-11-5-2)14-16(22)19-12-6-3;/h4-7,10-13H,2-3,8-9,14-18H2,1H3,(H,27,32)(H,34,38)(H,28,29,30);4-14H2,1-3H3,(H,18,21)(H,19,22);1H4/p-1. The number of anilines is 1. The first-order chi connectivity index (χ1) is 29.4. The van der Waals surface area contributed by atoms with Crippen LogP contribution < -0.4 is 25.7 Å². The zero-order valence-corrected chi connectivity index (χ0v) is 37.9. The molecule has 1 aliphatic heterocycles. The van der Waals surface area contributed by atoms with Gasteiger partial charge in [0.15, 0.2) is 0 Å². The van der Waals surface area contributed by atoms with Gasteiger partial charge >= 0.3 is 0 Å². The summed E-state index contributed by atoms with van der Waals surface area (Å²) in [5.41, 5.74) is 4.87. The molecule has 62 heavy (non-hydrogen) atoms. The number of benzene rings is 2. The molecular weight excluding hydrogens is 832 g/mol. The first kappa shape index (κ1) is 53.6. The van der Waals surface area contributed by atoms with Crippen molar-refractivity contribution in [3.05, 3.63) is 54.1 Å². The molecular formula is C44H68N8O8PS-. The number of rotatable bonds is 25. The normalized spacial score (nSPS) is 12.3. The second kappa shape index (κ2) is 29.7. The molecule has 0 radical (unpaired) electrons. The number of amides is 5. The van der Waals surface area contributed by atoms with E-state index in [1.165, 1.54) is 12.0 Å². The lowest BCUT2D eigenvalue weighted by Gasteiger charge is -2.28. The molecule has 1 unspecified atom stereocenters. The number of carbonyl (C=O) groups is 5. The van der Waals surface area contributed by atoms with Crippen LogP contribution in [0.2, 0.25) is 0 Å². The summed E-state index contributed by atoms with van der Waals surface area (Å²) in [6.45, 7) is 4.96. The van der Waals surface area contributed by atoms with Crippen LogP contribution in [0.1, 0.15) is 117 Å². The quantitative estimate of drug-likeness (QED) is 0.0559. The molecule has 0 saturated heterocycles. The highest BCUT2D eigenvalue weighted by Crippen LogP contribution is 2.40. The van der Waals surface area contributed by atoms with Crippen molar-refractivity contribution in [1.29, 1.82) is 0 Å².